The minimum Gasteiger partial charge on any atom is -0.496 e. The highest BCUT2D eigenvalue weighted by Gasteiger charge is 2.25. The smallest absolute Gasteiger partial charge is 0.348 e. The van der Waals surface area contributed by atoms with Crippen LogP contribution >= 0.6 is 11.3 Å². The quantitative estimate of drug-likeness (QED) is 0.275. The molecule has 5 rings (SSSR count). The summed E-state index contributed by atoms with van der Waals surface area (Å²) in [4.78, 5) is 27.0. The van der Waals surface area contributed by atoms with Gasteiger partial charge in [0.15, 0.2) is 0 Å². The van der Waals surface area contributed by atoms with Crippen LogP contribution in [-0.4, -0.2) is 74.4 Å². The molecule has 1 saturated heterocycles. The summed E-state index contributed by atoms with van der Waals surface area (Å²) in [6.07, 6.45) is 1.62. The second-order valence-electron chi connectivity index (χ2n) is 9.81. The molecule has 0 atom stereocenters. The molecule has 1 aliphatic rings. The van der Waals surface area contributed by atoms with Crippen molar-refractivity contribution in [1.82, 2.24) is 14.9 Å². The summed E-state index contributed by atoms with van der Waals surface area (Å²) in [5, 5.41) is 3.30. The van der Waals surface area contributed by atoms with Crippen LogP contribution in [0.1, 0.15) is 23.5 Å². The second-order valence-corrected chi connectivity index (χ2v) is 10.9. The van der Waals surface area contributed by atoms with Gasteiger partial charge in [0.05, 0.1) is 42.4 Å². The molecule has 3 heterocycles. The van der Waals surface area contributed by atoms with Crippen molar-refractivity contribution < 1.29 is 23.4 Å². The van der Waals surface area contributed by atoms with Crippen LogP contribution in [0.25, 0.3) is 21.3 Å². The van der Waals surface area contributed by atoms with E-state index in [1.54, 1.807) is 12.3 Å². The summed E-state index contributed by atoms with van der Waals surface area (Å²) in [5.41, 5.74) is 3.36. The van der Waals surface area contributed by atoms with Gasteiger partial charge >= 0.3 is 5.97 Å². The number of rotatable bonds is 8. The Bertz CT molecular complexity index is 1530. The van der Waals surface area contributed by atoms with E-state index in [0.29, 0.717) is 37.9 Å². The molecule has 2 aromatic carbocycles. The summed E-state index contributed by atoms with van der Waals surface area (Å²) in [6, 6.07) is 10.2. The van der Waals surface area contributed by atoms with Crippen LogP contribution in [0.15, 0.2) is 42.6 Å². The van der Waals surface area contributed by atoms with Gasteiger partial charge < -0.3 is 29.3 Å². The number of likely N-dealkylation sites (N-methyl/N-ethyl adjacent to an activating group) is 1. The number of fused-ring (bicyclic) bond motifs is 1. The lowest BCUT2D eigenvalue weighted by molar-refractivity contribution is 0.0607. The number of thiophene rings is 1. The molecule has 0 bridgehead atoms. The molecule has 0 amide bonds. The van der Waals surface area contributed by atoms with E-state index in [9.17, 15) is 9.18 Å². The van der Waals surface area contributed by atoms with E-state index >= 15 is 0 Å². The summed E-state index contributed by atoms with van der Waals surface area (Å²) < 4.78 is 31.3. The van der Waals surface area contributed by atoms with Gasteiger partial charge in [0.1, 0.15) is 22.2 Å². The minimum atomic E-state index is -0.522. The molecule has 1 aliphatic heterocycles. The van der Waals surface area contributed by atoms with Gasteiger partial charge in [-0.3, -0.25) is 0 Å². The van der Waals surface area contributed by atoms with Gasteiger partial charge in [-0.1, -0.05) is 0 Å². The fourth-order valence-corrected chi connectivity index (χ4v) is 5.70. The number of nitrogens with zero attached hydrogens (tertiary/aromatic N) is 4. The van der Waals surface area contributed by atoms with Crippen molar-refractivity contribution >= 4 is 44.8 Å². The average Bonchev–Trinajstić information content (AvgIpc) is 3.32. The van der Waals surface area contributed by atoms with Crippen molar-refractivity contribution in [2.75, 3.05) is 57.7 Å². The molecular formula is C29H32FN5O4S. The van der Waals surface area contributed by atoms with Gasteiger partial charge in [-0.15, -0.1) is 11.3 Å². The van der Waals surface area contributed by atoms with Crippen molar-refractivity contribution in [2.24, 2.45) is 0 Å². The molecule has 0 unspecified atom stereocenters. The maximum Gasteiger partial charge on any atom is 0.348 e. The number of esters is 1. The van der Waals surface area contributed by atoms with Gasteiger partial charge in [-0.2, -0.15) is 0 Å². The van der Waals surface area contributed by atoms with Crippen molar-refractivity contribution in [1.29, 1.82) is 0 Å². The monoisotopic (exact) mass is 565 g/mol. The number of hydrogen-bond donors (Lipinski definition) is 1. The van der Waals surface area contributed by atoms with E-state index in [1.165, 1.54) is 37.7 Å². The topological polar surface area (TPSA) is 89.1 Å². The van der Waals surface area contributed by atoms with Crippen molar-refractivity contribution in [3.8, 4) is 22.6 Å². The van der Waals surface area contributed by atoms with Crippen molar-refractivity contribution in [3.05, 3.63) is 53.3 Å². The Morgan fingerprint density at radius 2 is 1.85 bits per heavy atom. The maximum atomic E-state index is 14.0. The van der Waals surface area contributed by atoms with Crippen LogP contribution in [-0.2, 0) is 4.74 Å². The largest absolute Gasteiger partial charge is 0.496 e. The predicted molar refractivity (Wildman–Crippen MR) is 156 cm³/mol. The van der Waals surface area contributed by atoms with Gasteiger partial charge in [0, 0.05) is 55.1 Å². The minimum absolute atomic E-state index is 0.0382. The molecule has 0 aliphatic carbocycles. The molecule has 0 saturated carbocycles. The number of halogens is 1. The van der Waals surface area contributed by atoms with Crippen LogP contribution in [0.3, 0.4) is 0 Å². The highest BCUT2D eigenvalue weighted by atomic mass is 32.1. The third-order valence-corrected chi connectivity index (χ3v) is 7.77. The Kier molecular flexibility index (Phi) is 8.04. The number of carbonyl (C=O) groups excluding carboxylic acids is 1. The van der Waals surface area contributed by atoms with Gasteiger partial charge in [0.25, 0.3) is 0 Å². The number of hydrogen-bond acceptors (Lipinski definition) is 10. The first-order chi connectivity index (χ1) is 19.3. The third kappa shape index (κ3) is 5.66. The molecule has 1 fully saturated rings. The molecule has 210 valence electrons. The van der Waals surface area contributed by atoms with Gasteiger partial charge in [-0.25, -0.2) is 19.2 Å². The fourth-order valence-electron chi connectivity index (χ4n) is 4.66. The zero-order valence-electron chi connectivity index (χ0n) is 23.2. The molecule has 0 spiro atoms. The highest BCUT2D eigenvalue weighted by molar-refractivity contribution is 7.21. The lowest BCUT2D eigenvalue weighted by Gasteiger charge is -2.34. The third-order valence-electron chi connectivity index (χ3n) is 6.68. The Morgan fingerprint density at radius 1 is 1.07 bits per heavy atom. The molecule has 2 aromatic heterocycles. The Labute approximate surface area is 236 Å². The zero-order chi connectivity index (χ0) is 28.4. The molecule has 1 N–H and O–H groups in total. The Hall–Kier alpha value is -3.96. The lowest BCUT2D eigenvalue weighted by atomic mass is 10.0. The summed E-state index contributed by atoms with van der Waals surface area (Å²) in [7, 11) is 4.90. The van der Waals surface area contributed by atoms with Crippen molar-refractivity contribution in [2.45, 2.75) is 20.0 Å². The van der Waals surface area contributed by atoms with Crippen LogP contribution in [0.2, 0.25) is 0 Å². The van der Waals surface area contributed by atoms with E-state index in [1.807, 2.05) is 26.0 Å². The Balaban J connectivity index is 1.56. The van der Waals surface area contributed by atoms with Crippen LogP contribution in [0, 0.1) is 5.82 Å². The normalized spacial score (nSPS) is 14.0. The number of piperazine rings is 1. The first-order valence-electron chi connectivity index (χ1n) is 13.0. The molecule has 4 aromatic rings. The fraction of sp³-hybridized carbons (Fsp3) is 0.345. The van der Waals surface area contributed by atoms with E-state index in [4.69, 9.17) is 19.2 Å². The SMILES string of the molecule is COC(=O)c1sc2cnc(Nc3ccc(N4CCN(C)CC4)cc3OC(C)C)nc2c1-c1ccc(F)cc1OC. The first-order valence-corrected chi connectivity index (χ1v) is 13.8. The second kappa shape index (κ2) is 11.6. The summed E-state index contributed by atoms with van der Waals surface area (Å²) in [5.74, 6) is 0.326. The molecular weight excluding hydrogens is 533 g/mol. The van der Waals surface area contributed by atoms with Crippen LogP contribution in [0.5, 0.6) is 11.5 Å². The Morgan fingerprint density at radius 3 is 2.55 bits per heavy atom. The van der Waals surface area contributed by atoms with E-state index in [2.05, 4.69) is 33.2 Å². The maximum absolute atomic E-state index is 14.0. The van der Waals surface area contributed by atoms with Gasteiger partial charge in [-0.05, 0) is 45.2 Å². The standard InChI is InChI=1S/C29H32FN5O4S/c1-17(2)39-23-15-19(35-12-10-34(3)11-13-35)7-9-21(23)32-29-31-16-24-26(33-29)25(27(40-24)28(36)38-5)20-8-6-18(30)14-22(20)37-4/h6-9,14-17H,10-13H2,1-5H3,(H,31,32,33). The molecule has 9 nitrogen and oxygen atoms in total. The number of nitrogens with one attached hydrogen (secondary N) is 1. The molecule has 11 heteroatoms. The van der Waals surface area contributed by atoms with E-state index < -0.39 is 11.8 Å². The summed E-state index contributed by atoms with van der Waals surface area (Å²) in [6.45, 7) is 7.86. The number of benzene rings is 2. The zero-order valence-corrected chi connectivity index (χ0v) is 24.0. The van der Waals surface area contributed by atoms with Gasteiger partial charge in [0.2, 0.25) is 5.95 Å². The first kappa shape index (κ1) is 27.6. The number of anilines is 3. The number of carbonyl (C=O) groups is 1. The van der Waals surface area contributed by atoms with E-state index in [0.717, 1.165) is 37.6 Å². The average molecular weight is 566 g/mol. The van der Waals surface area contributed by atoms with Crippen LogP contribution < -0.4 is 19.7 Å². The lowest BCUT2D eigenvalue weighted by Crippen LogP contribution is -2.44. The molecule has 0 radical (unpaired) electrons. The number of methoxy groups -OCH3 is 2. The number of ether oxygens (including phenoxy) is 3. The predicted octanol–water partition coefficient (Wildman–Crippen LogP) is 5.58. The molecule has 40 heavy (non-hydrogen) atoms. The van der Waals surface area contributed by atoms with Crippen molar-refractivity contribution in [3.63, 3.8) is 0 Å². The summed E-state index contributed by atoms with van der Waals surface area (Å²) >= 11 is 1.21. The van der Waals surface area contributed by atoms with Crippen LogP contribution in [0.4, 0.5) is 21.7 Å². The van der Waals surface area contributed by atoms with E-state index in [-0.39, 0.29) is 11.9 Å². The highest BCUT2D eigenvalue weighted by Crippen LogP contribution is 2.43. The number of aromatic nitrogens is 2.